The van der Waals surface area contributed by atoms with Crippen molar-refractivity contribution < 1.29 is 28.9 Å². The highest BCUT2D eigenvalue weighted by Crippen LogP contribution is 2.40. The molecule has 1 aliphatic heterocycles. The number of non-ortho nitro benzene ring substituents is 1. The van der Waals surface area contributed by atoms with Gasteiger partial charge in [-0.2, -0.15) is 0 Å². The molecule has 0 radical (unpaired) electrons. The van der Waals surface area contributed by atoms with Gasteiger partial charge in [-0.1, -0.05) is 40.2 Å². The Morgan fingerprint density at radius 2 is 1.70 bits per heavy atom. The first-order chi connectivity index (χ1) is 17.7. The van der Waals surface area contributed by atoms with Crippen LogP contribution in [0.5, 0.6) is 17.2 Å². The van der Waals surface area contributed by atoms with E-state index in [0.717, 1.165) is 44.9 Å². The molecule has 188 valence electrons. The number of amides is 2. The van der Waals surface area contributed by atoms with Crippen LogP contribution < -0.4 is 9.47 Å². The highest BCUT2D eigenvalue weighted by molar-refractivity contribution is 9.10. The summed E-state index contributed by atoms with van der Waals surface area (Å²) in [6.07, 6.45) is 1.50. The molecule has 11 nitrogen and oxygen atoms in total. The Morgan fingerprint density at radius 3 is 2.38 bits per heavy atom. The number of methoxy groups -OCH3 is 1. The van der Waals surface area contributed by atoms with Crippen molar-refractivity contribution in [2.24, 2.45) is 0 Å². The van der Waals surface area contributed by atoms with E-state index in [1.165, 1.54) is 25.3 Å². The number of halogens is 1. The fourth-order valence-corrected chi connectivity index (χ4v) is 4.66. The second kappa shape index (κ2) is 10.8. The number of nitro groups is 2. The maximum atomic E-state index is 13.0. The van der Waals surface area contributed by atoms with Crippen molar-refractivity contribution >= 4 is 56.3 Å². The zero-order valence-corrected chi connectivity index (χ0v) is 21.4. The lowest BCUT2D eigenvalue weighted by atomic mass is 10.1. The van der Waals surface area contributed by atoms with Gasteiger partial charge in [-0.05, 0) is 53.2 Å². The van der Waals surface area contributed by atoms with Crippen LogP contribution in [0.4, 0.5) is 16.2 Å². The summed E-state index contributed by atoms with van der Waals surface area (Å²) in [5, 5.41) is 22.1. The Balaban J connectivity index is 1.63. The summed E-state index contributed by atoms with van der Waals surface area (Å²) >= 11 is 4.20. The van der Waals surface area contributed by atoms with Crippen molar-refractivity contribution in [3.63, 3.8) is 0 Å². The molecule has 0 spiro atoms. The van der Waals surface area contributed by atoms with Gasteiger partial charge in [0.25, 0.3) is 16.8 Å². The average molecular weight is 586 g/mol. The first-order valence-electron chi connectivity index (χ1n) is 10.5. The third kappa shape index (κ3) is 5.62. The minimum atomic E-state index is -0.792. The minimum absolute atomic E-state index is 0.0700. The average Bonchev–Trinajstić information content (AvgIpc) is 3.12. The molecular formula is C24H16BrN3O8S. The Hall–Kier alpha value is -4.23. The van der Waals surface area contributed by atoms with Crippen molar-refractivity contribution in [2.75, 3.05) is 7.11 Å². The Bertz CT molecular complexity index is 1480. The van der Waals surface area contributed by atoms with Crippen molar-refractivity contribution in [1.82, 2.24) is 4.90 Å². The van der Waals surface area contributed by atoms with E-state index in [-0.39, 0.29) is 28.7 Å². The summed E-state index contributed by atoms with van der Waals surface area (Å²) in [5.41, 5.74) is 0.176. The summed E-state index contributed by atoms with van der Waals surface area (Å²) in [6.45, 7) is 0.101. The van der Waals surface area contributed by atoms with Crippen LogP contribution in [0.25, 0.3) is 6.08 Å². The van der Waals surface area contributed by atoms with Crippen LogP contribution in [0.2, 0.25) is 0 Å². The normalized spacial score (nSPS) is 14.2. The summed E-state index contributed by atoms with van der Waals surface area (Å²) in [5.74, 6) is -0.401. The van der Waals surface area contributed by atoms with Gasteiger partial charge < -0.3 is 9.47 Å². The van der Waals surface area contributed by atoms with Crippen molar-refractivity contribution in [3.05, 3.63) is 101 Å². The van der Waals surface area contributed by atoms with E-state index in [1.807, 2.05) is 24.3 Å². The number of imide groups is 1. The zero-order chi connectivity index (χ0) is 26.7. The highest BCUT2D eigenvalue weighted by atomic mass is 79.9. The number of hydrogen-bond acceptors (Lipinski definition) is 9. The number of thioether (sulfide) groups is 1. The van der Waals surface area contributed by atoms with Gasteiger partial charge in [0.1, 0.15) is 0 Å². The van der Waals surface area contributed by atoms with Gasteiger partial charge in [-0.15, -0.1) is 0 Å². The first kappa shape index (κ1) is 25.9. The molecule has 1 fully saturated rings. The molecule has 0 N–H and O–H groups in total. The number of rotatable bonds is 8. The molecule has 13 heteroatoms. The van der Waals surface area contributed by atoms with Gasteiger partial charge in [0.2, 0.25) is 5.75 Å². The molecule has 3 aromatic rings. The van der Waals surface area contributed by atoms with Gasteiger partial charge in [-0.25, -0.2) is 0 Å². The molecule has 4 rings (SSSR count). The molecule has 2 amide bonds. The van der Waals surface area contributed by atoms with Crippen molar-refractivity contribution in [2.45, 2.75) is 6.54 Å². The van der Waals surface area contributed by atoms with Crippen molar-refractivity contribution in [1.29, 1.82) is 0 Å². The molecule has 0 aromatic heterocycles. The monoisotopic (exact) mass is 585 g/mol. The number of benzene rings is 3. The van der Waals surface area contributed by atoms with Gasteiger partial charge in [-0.3, -0.25) is 34.7 Å². The Labute approximate surface area is 222 Å². The highest BCUT2D eigenvalue weighted by Gasteiger charge is 2.35. The van der Waals surface area contributed by atoms with E-state index >= 15 is 0 Å². The van der Waals surface area contributed by atoms with Gasteiger partial charge in [0, 0.05) is 10.5 Å². The molecule has 1 heterocycles. The maximum absolute atomic E-state index is 13.0. The van der Waals surface area contributed by atoms with Gasteiger partial charge in [0.15, 0.2) is 11.5 Å². The van der Waals surface area contributed by atoms with E-state index < -0.39 is 32.4 Å². The lowest BCUT2D eigenvalue weighted by Crippen LogP contribution is -2.27. The number of carbonyl (C=O) groups excluding carboxylic acids is 2. The standard InChI is InChI=1S/C24H16BrN3O8S/c1-35-20-8-6-14(10-21(20)36-19-9-7-16(27(31)32)12-18(19)28(33)34)11-22-23(29)26(24(30)37-22)13-15-4-2-3-5-17(15)25/h2-12H,13H2,1H3/b22-11-. The quantitative estimate of drug-likeness (QED) is 0.169. The molecule has 1 aliphatic rings. The van der Waals surface area contributed by atoms with Gasteiger partial charge >= 0.3 is 5.69 Å². The van der Waals surface area contributed by atoms with Crippen LogP contribution in [0.15, 0.2) is 70.0 Å². The number of carbonyl (C=O) groups is 2. The van der Waals surface area contributed by atoms with Crippen LogP contribution in [0, 0.1) is 20.2 Å². The predicted molar refractivity (Wildman–Crippen MR) is 138 cm³/mol. The smallest absolute Gasteiger partial charge is 0.318 e. The van der Waals surface area contributed by atoms with E-state index in [1.54, 1.807) is 6.07 Å². The molecule has 1 saturated heterocycles. The van der Waals surface area contributed by atoms with Crippen LogP contribution in [-0.2, 0) is 11.3 Å². The number of nitrogens with zero attached hydrogens (tertiary/aromatic N) is 3. The zero-order valence-electron chi connectivity index (χ0n) is 19.0. The molecule has 0 atom stereocenters. The third-order valence-corrected chi connectivity index (χ3v) is 6.90. The van der Waals surface area contributed by atoms with E-state index in [2.05, 4.69) is 15.9 Å². The van der Waals surface area contributed by atoms with Crippen LogP contribution >= 0.6 is 27.7 Å². The maximum Gasteiger partial charge on any atom is 0.318 e. The van der Waals surface area contributed by atoms with E-state index in [4.69, 9.17) is 9.47 Å². The molecule has 0 unspecified atom stereocenters. The minimum Gasteiger partial charge on any atom is -0.493 e. The molecule has 0 aliphatic carbocycles. The number of hydrogen-bond donors (Lipinski definition) is 0. The number of nitro benzene ring substituents is 2. The lowest BCUT2D eigenvalue weighted by Gasteiger charge is -2.13. The number of ether oxygens (including phenoxy) is 2. The summed E-state index contributed by atoms with van der Waals surface area (Å²) in [7, 11) is 1.37. The molecular weight excluding hydrogens is 570 g/mol. The van der Waals surface area contributed by atoms with E-state index in [0.29, 0.717) is 5.56 Å². The first-order valence-corrected chi connectivity index (χ1v) is 12.1. The predicted octanol–water partition coefficient (Wildman–Crippen LogP) is 6.30. The van der Waals surface area contributed by atoms with Gasteiger partial charge in [0.05, 0.1) is 34.5 Å². The van der Waals surface area contributed by atoms with E-state index in [9.17, 15) is 29.8 Å². The van der Waals surface area contributed by atoms with Crippen molar-refractivity contribution in [3.8, 4) is 17.2 Å². The molecule has 0 saturated carbocycles. The molecule has 3 aromatic carbocycles. The Kier molecular flexibility index (Phi) is 7.55. The Morgan fingerprint density at radius 1 is 0.973 bits per heavy atom. The topological polar surface area (TPSA) is 142 Å². The second-order valence-corrected chi connectivity index (χ2v) is 9.39. The fourth-order valence-electron chi connectivity index (χ4n) is 3.41. The second-order valence-electron chi connectivity index (χ2n) is 7.54. The SMILES string of the molecule is COc1ccc(/C=C2\SC(=O)N(Cc3ccccc3Br)C2=O)cc1Oc1ccc([N+](=O)[O-])cc1[N+](=O)[O-]. The summed E-state index contributed by atoms with van der Waals surface area (Å²) in [6, 6.07) is 14.9. The van der Waals surface area contributed by atoms with Crippen LogP contribution in [0.1, 0.15) is 11.1 Å². The molecule has 0 bridgehead atoms. The van der Waals surface area contributed by atoms with Crippen LogP contribution in [-0.4, -0.2) is 33.0 Å². The largest absolute Gasteiger partial charge is 0.493 e. The molecule has 37 heavy (non-hydrogen) atoms. The van der Waals surface area contributed by atoms with Crippen LogP contribution in [0.3, 0.4) is 0 Å². The summed E-state index contributed by atoms with van der Waals surface area (Å²) < 4.78 is 11.7. The summed E-state index contributed by atoms with van der Waals surface area (Å²) in [4.78, 5) is 47.8. The fraction of sp³-hybridized carbons (Fsp3) is 0.0833. The third-order valence-electron chi connectivity index (χ3n) is 5.22. The lowest BCUT2D eigenvalue weighted by molar-refractivity contribution is -0.394.